The van der Waals surface area contributed by atoms with Crippen molar-refractivity contribution in [2.24, 2.45) is 0 Å². The van der Waals surface area contributed by atoms with E-state index >= 15 is 0 Å². The van der Waals surface area contributed by atoms with Crippen LogP contribution in [0.25, 0.3) is 0 Å². The van der Waals surface area contributed by atoms with Crippen LogP contribution in [0, 0.1) is 0 Å². The minimum Gasteiger partial charge on any atom is -0.490 e. The molecule has 1 rings (SSSR count). The van der Waals surface area contributed by atoms with E-state index in [1.54, 1.807) is 0 Å². The van der Waals surface area contributed by atoms with Gasteiger partial charge in [0.25, 0.3) is 0 Å². The summed E-state index contributed by atoms with van der Waals surface area (Å²) >= 11 is 0. The van der Waals surface area contributed by atoms with Gasteiger partial charge in [0, 0.05) is 6.54 Å². The molecule has 0 saturated heterocycles. The molecule has 1 aromatic rings. The maximum absolute atomic E-state index is 5.62. The van der Waals surface area contributed by atoms with Crippen LogP contribution in [-0.4, -0.2) is 26.3 Å². The molecule has 0 heterocycles. The molecule has 0 unspecified atom stereocenters. The van der Waals surface area contributed by atoms with E-state index in [1.807, 2.05) is 26.8 Å². The Balaban J connectivity index is 2.58. The predicted molar refractivity (Wildman–Crippen MR) is 80.2 cm³/mol. The number of nitrogens with one attached hydrogen (secondary N) is 1. The summed E-state index contributed by atoms with van der Waals surface area (Å²) in [6.07, 6.45) is 0.972. The molecule has 0 saturated carbocycles. The van der Waals surface area contributed by atoms with Gasteiger partial charge in [0.15, 0.2) is 11.5 Å². The Morgan fingerprint density at radius 2 is 1.84 bits per heavy atom. The Labute approximate surface area is 116 Å². The Kier molecular flexibility index (Phi) is 7.04. The van der Waals surface area contributed by atoms with Crippen molar-refractivity contribution >= 4 is 0 Å². The fourth-order valence-corrected chi connectivity index (χ4v) is 1.79. The third kappa shape index (κ3) is 5.79. The second-order valence-corrected chi connectivity index (χ2v) is 4.53. The molecular weight excluding hydrogens is 238 g/mol. The third-order valence-electron chi connectivity index (χ3n) is 2.63. The molecule has 19 heavy (non-hydrogen) atoms. The van der Waals surface area contributed by atoms with Crippen molar-refractivity contribution in [3.05, 3.63) is 35.9 Å². The van der Waals surface area contributed by atoms with Crippen molar-refractivity contribution < 1.29 is 9.47 Å². The zero-order valence-corrected chi connectivity index (χ0v) is 12.3. The Morgan fingerprint density at radius 3 is 2.47 bits per heavy atom. The topological polar surface area (TPSA) is 30.5 Å². The van der Waals surface area contributed by atoms with Crippen LogP contribution in [-0.2, 0) is 6.42 Å². The van der Waals surface area contributed by atoms with Gasteiger partial charge in [0.1, 0.15) is 0 Å². The molecule has 3 nitrogen and oxygen atoms in total. The van der Waals surface area contributed by atoms with Gasteiger partial charge >= 0.3 is 0 Å². The van der Waals surface area contributed by atoms with Crippen molar-refractivity contribution in [2.45, 2.75) is 27.2 Å². The van der Waals surface area contributed by atoms with E-state index in [2.05, 4.69) is 24.0 Å². The first kappa shape index (κ1) is 15.6. The molecule has 3 heteroatoms. The van der Waals surface area contributed by atoms with Crippen LogP contribution in [0.15, 0.2) is 30.4 Å². The molecule has 0 aromatic heterocycles. The fourth-order valence-electron chi connectivity index (χ4n) is 1.79. The van der Waals surface area contributed by atoms with Crippen LogP contribution in [0.1, 0.15) is 26.3 Å². The first-order valence-electron chi connectivity index (χ1n) is 6.91. The van der Waals surface area contributed by atoms with Crippen LogP contribution in [0.3, 0.4) is 0 Å². The molecule has 0 fully saturated rings. The molecule has 0 aliphatic heterocycles. The quantitative estimate of drug-likeness (QED) is 0.548. The molecule has 0 spiro atoms. The molecule has 0 atom stereocenters. The normalized spacial score (nSPS) is 10.3. The second kappa shape index (κ2) is 8.59. The summed E-state index contributed by atoms with van der Waals surface area (Å²) in [5.41, 5.74) is 2.41. The highest BCUT2D eigenvalue weighted by Gasteiger charge is 2.05. The summed E-state index contributed by atoms with van der Waals surface area (Å²) in [5, 5.41) is 3.35. The van der Waals surface area contributed by atoms with Gasteiger partial charge in [-0.15, -0.1) is 0 Å². The lowest BCUT2D eigenvalue weighted by atomic mass is 10.1. The van der Waals surface area contributed by atoms with Crippen molar-refractivity contribution in [3.8, 4) is 11.5 Å². The predicted octanol–water partition coefficient (Wildman–Crippen LogP) is 3.19. The third-order valence-corrected chi connectivity index (χ3v) is 2.63. The molecule has 0 amide bonds. The number of hydrogen-bond acceptors (Lipinski definition) is 3. The van der Waals surface area contributed by atoms with Gasteiger partial charge in [-0.2, -0.15) is 0 Å². The van der Waals surface area contributed by atoms with Crippen LogP contribution in [0.2, 0.25) is 0 Å². The Morgan fingerprint density at radius 1 is 1.16 bits per heavy atom. The second-order valence-electron chi connectivity index (χ2n) is 4.53. The molecule has 1 N–H and O–H groups in total. The summed E-state index contributed by atoms with van der Waals surface area (Å²) in [4.78, 5) is 0. The first-order valence-corrected chi connectivity index (χ1v) is 6.91. The number of ether oxygens (including phenoxy) is 2. The zero-order valence-electron chi connectivity index (χ0n) is 12.3. The highest BCUT2D eigenvalue weighted by molar-refractivity contribution is 5.43. The van der Waals surface area contributed by atoms with Gasteiger partial charge in [-0.25, -0.2) is 0 Å². The van der Waals surface area contributed by atoms with Crippen molar-refractivity contribution in [1.29, 1.82) is 0 Å². The van der Waals surface area contributed by atoms with Gasteiger partial charge in [-0.3, -0.25) is 0 Å². The SMILES string of the molecule is C=C(C)CNCCc1ccc(OCC)c(OCC)c1. The lowest BCUT2D eigenvalue weighted by Gasteiger charge is -2.12. The molecular formula is C16H25NO2. The standard InChI is InChI=1S/C16H25NO2/c1-5-18-15-8-7-14(11-16(15)19-6-2)9-10-17-12-13(3)4/h7-8,11,17H,3,5-6,9-10,12H2,1-2,4H3. The lowest BCUT2D eigenvalue weighted by molar-refractivity contribution is 0.287. The summed E-state index contributed by atoms with van der Waals surface area (Å²) < 4.78 is 11.2. The van der Waals surface area contributed by atoms with Crippen LogP contribution >= 0.6 is 0 Å². The average molecular weight is 263 g/mol. The summed E-state index contributed by atoms with van der Waals surface area (Å²) in [6, 6.07) is 6.15. The smallest absolute Gasteiger partial charge is 0.161 e. The maximum Gasteiger partial charge on any atom is 0.161 e. The number of rotatable bonds is 9. The zero-order chi connectivity index (χ0) is 14.1. The summed E-state index contributed by atoms with van der Waals surface area (Å²) in [6.45, 7) is 13.0. The van der Waals surface area contributed by atoms with Crippen molar-refractivity contribution in [1.82, 2.24) is 5.32 Å². The first-order chi connectivity index (χ1) is 9.17. The minimum absolute atomic E-state index is 0.650. The Bertz CT molecular complexity index is 402. The molecule has 0 aliphatic carbocycles. The van der Waals surface area contributed by atoms with E-state index < -0.39 is 0 Å². The van der Waals surface area contributed by atoms with Gasteiger partial charge in [0.05, 0.1) is 13.2 Å². The number of benzene rings is 1. The largest absolute Gasteiger partial charge is 0.490 e. The van der Waals surface area contributed by atoms with Crippen LogP contribution in [0.5, 0.6) is 11.5 Å². The van der Waals surface area contributed by atoms with Crippen molar-refractivity contribution in [3.63, 3.8) is 0 Å². The van der Waals surface area contributed by atoms with Gasteiger partial charge < -0.3 is 14.8 Å². The molecule has 0 aliphatic rings. The molecule has 106 valence electrons. The number of hydrogen-bond donors (Lipinski definition) is 1. The minimum atomic E-state index is 0.650. The molecule has 1 aromatic carbocycles. The van der Waals surface area contributed by atoms with E-state index in [4.69, 9.17) is 9.47 Å². The van der Waals surface area contributed by atoms with E-state index in [0.29, 0.717) is 13.2 Å². The van der Waals surface area contributed by atoms with Gasteiger partial charge in [-0.1, -0.05) is 18.2 Å². The van der Waals surface area contributed by atoms with Crippen LogP contribution < -0.4 is 14.8 Å². The summed E-state index contributed by atoms with van der Waals surface area (Å²) in [5.74, 6) is 1.66. The Hall–Kier alpha value is -1.48. The van der Waals surface area contributed by atoms with E-state index in [9.17, 15) is 0 Å². The highest BCUT2D eigenvalue weighted by atomic mass is 16.5. The maximum atomic E-state index is 5.62. The summed E-state index contributed by atoms with van der Waals surface area (Å²) in [7, 11) is 0. The lowest BCUT2D eigenvalue weighted by Crippen LogP contribution is -2.18. The fraction of sp³-hybridized carbons (Fsp3) is 0.500. The van der Waals surface area contributed by atoms with E-state index in [0.717, 1.165) is 36.6 Å². The average Bonchev–Trinajstić information content (AvgIpc) is 2.38. The van der Waals surface area contributed by atoms with Crippen LogP contribution in [0.4, 0.5) is 0 Å². The van der Waals surface area contributed by atoms with Crippen molar-refractivity contribution in [2.75, 3.05) is 26.3 Å². The monoisotopic (exact) mass is 263 g/mol. The van der Waals surface area contributed by atoms with E-state index in [-0.39, 0.29) is 0 Å². The molecule has 0 bridgehead atoms. The molecule has 0 radical (unpaired) electrons. The van der Waals surface area contributed by atoms with Gasteiger partial charge in [-0.05, 0) is 51.4 Å². The highest BCUT2D eigenvalue weighted by Crippen LogP contribution is 2.28. The van der Waals surface area contributed by atoms with E-state index in [1.165, 1.54) is 5.56 Å². The van der Waals surface area contributed by atoms with Gasteiger partial charge in [0.2, 0.25) is 0 Å².